The Morgan fingerprint density at radius 2 is 2.06 bits per heavy atom. The molecule has 0 atom stereocenters. The fraction of sp³-hybridized carbons (Fsp3) is 0.357. The highest BCUT2D eigenvalue weighted by atomic mass is 16.5. The maximum atomic E-state index is 5.36. The topological polar surface area (TPSA) is 25.4 Å². The van der Waals surface area contributed by atoms with Gasteiger partial charge in [-0.2, -0.15) is 0 Å². The first-order chi connectivity index (χ1) is 8.42. The first-order valence-corrected chi connectivity index (χ1v) is 6.05. The van der Waals surface area contributed by atoms with Crippen molar-refractivity contribution in [3.8, 4) is 0 Å². The van der Waals surface area contributed by atoms with Crippen LogP contribution in [0.1, 0.15) is 5.56 Å². The zero-order valence-corrected chi connectivity index (χ0v) is 9.80. The molecule has 3 rings (SSSR count). The van der Waals surface area contributed by atoms with E-state index in [-0.39, 0.29) is 0 Å². The van der Waals surface area contributed by atoms with Gasteiger partial charge in [-0.3, -0.25) is 9.88 Å². The van der Waals surface area contributed by atoms with E-state index in [0.29, 0.717) is 0 Å². The number of ether oxygens (including phenoxy) is 1. The highest BCUT2D eigenvalue weighted by molar-refractivity contribution is 5.78. The van der Waals surface area contributed by atoms with E-state index in [2.05, 4.69) is 34.1 Å². The van der Waals surface area contributed by atoms with Crippen LogP contribution in [-0.4, -0.2) is 36.2 Å². The first-order valence-electron chi connectivity index (χ1n) is 6.05. The lowest BCUT2D eigenvalue weighted by atomic mass is 10.1. The van der Waals surface area contributed by atoms with Crippen molar-refractivity contribution in [2.45, 2.75) is 6.54 Å². The molecule has 17 heavy (non-hydrogen) atoms. The SMILES string of the molecule is c1cnc2ccc(CN3CCOCC3)cc2c1. The highest BCUT2D eigenvalue weighted by Crippen LogP contribution is 2.15. The molecule has 0 spiro atoms. The molecule has 0 saturated carbocycles. The number of rotatable bonds is 2. The second kappa shape index (κ2) is 4.82. The molecule has 1 fully saturated rings. The predicted octanol–water partition coefficient (Wildman–Crippen LogP) is 2.07. The standard InChI is InChI=1S/C14H16N2O/c1-2-13-10-12(3-4-14(13)15-5-1)11-16-6-8-17-9-7-16/h1-5,10H,6-9,11H2. The maximum absolute atomic E-state index is 5.36. The summed E-state index contributed by atoms with van der Waals surface area (Å²) in [7, 11) is 0. The zero-order chi connectivity index (χ0) is 11.5. The Bertz CT molecular complexity index is 506. The number of morpholine rings is 1. The van der Waals surface area contributed by atoms with Crippen LogP contribution in [0.4, 0.5) is 0 Å². The molecule has 1 aliphatic heterocycles. The Hall–Kier alpha value is -1.45. The van der Waals surface area contributed by atoms with Crippen molar-refractivity contribution in [1.82, 2.24) is 9.88 Å². The van der Waals surface area contributed by atoms with Crippen LogP contribution in [0.5, 0.6) is 0 Å². The molecule has 0 radical (unpaired) electrons. The fourth-order valence-corrected chi connectivity index (χ4v) is 2.24. The van der Waals surface area contributed by atoms with Gasteiger partial charge in [0.2, 0.25) is 0 Å². The molecule has 2 heterocycles. The molecule has 0 amide bonds. The molecule has 88 valence electrons. The van der Waals surface area contributed by atoms with Gasteiger partial charge >= 0.3 is 0 Å². The maximum Gasteiger partial charge on any atom is 0.0702 e. The molecule has 1 aromatic heterocycles. The van der Waals surface area contributed by atoms with Crippen molar-refractivity contribution in [2.75, 3.05) is 26.3 Å². The van der Waals surface area contributed by atoms with Gasteiger partial charge in [0.15, 0.2) is 0 Å². The minimum Gasteiger partial charge on any atom is -0.379 e. The molecule has 3 heteroatoms. The van der Waals surface area contributed by atoms with Gasteiger partial charge in [0.1, 0.15) is 0 Å². The molecular formula is C14H16N2O. The summed E-state index contributed by atoms with van der Waals surface area (Å²) in [5.74, 6) is 0. The molecule has 0 aliphatic carbocycles. The van der Waals surface area contributed by atoms with Crippen LogP contribution in [0.3, 0.4) is 0 Å². The van der Waals surface area contributed by atoms with Crippen molar-refractivity contribution in [3.63, 3.8) is 0 Å². The van der Waals surface area contributed by atoms with Crippen molar-refractivity contribution in [1.29, 1.82) is 0 Å². The van der Waals surface area contributed by atoms with Gasteiger partial charge in [0, 0.05) is 31.2 Å². The van der Waals surface area contributed by atoms with Crippen molar-refractivity contribution in [2.24, 2.45) is 0 Å². The minimum atomic E-state index is 0.856. The number of aromatic nitrogens is 1. The lowest BCUT2D eigenvalue weighted by Gasteiger charge is -2.26. The van der Waals surface area contributed by atoms with E-state index in [4.69, 9.17) is 4.74 Å². The minimum absolute atomic E-state index is 0.856. The van der Waals surface area contributed by atoms with E-state index >= 15 is 0 Å². The number of fused-ring (bicyclic) bond motifs is 1. The number of benzene rings is 1. The Morgan fingerprint density at radius 1 is 1.18 bits per heavy atom. The number of hydrogen-bond acceptors (Lipinski definition) is 3. The summed E-state index contributed by atoms with van der Waals surface area (Å²) >= 11 is 0. The summed E-state index contributed by atoms with van der Waals surface area (Å²) < 4.78 is 5.36. The molecule has 0 N–H and O–H groups in total. The monoisotopic (exact) mass is 228 g/mol. The quantitative estimate of drug-likeness (QED) is 0.786. The van der Waals surface area contributed by atoms with E-state index < -0.39 is 0 Å². The van der Waals surface area contributed by atoms with Crippen LogP contribution in [-0.2, 0) is 11.3 Å². The Kier molecular flexibility index (Phi) is 3.03. The number of pyridine rings is 1. The third kappa shape index (κ3) is 2.46. The van der Waals surface area contributed by atoms with Gasteiger partial charge in [0.05, 0.1) is 18.7 Å². The van der Waals surface area contributed by atoms with Crippen LogP contribution < -0.4 is 0 Å². The summed E-state index contributed by atoms with van der Waals surface area (Å²) in [5.41, 5.74) is 2.42. The van der Waals surface area contributed by atoms with Gasteiger partial charge in [-0.1, -0.05) is 12.1 Å². The van der Waals surface area contributed by atoms with E-state index in [9.17, 15) is 0 Å². The molecule has 1 saturated heterocycles. The lowest BCUT2D eigenvalue weighted by molar-refractivity contribution is 0.0342. The van der Waals surface area contributed by atoms with Gasteiger partial charge in [-0.15, -0.1) is 0 Å². The van der Waals surface area contributed by atoms with Gasteiger partial charge in [-0.25, -0.2) is 0 Å². The van der Waals surface area contributed by atoms with Gasteiger partial charge < -0.3 is 4.74 Å². The molecule has 1 aromatic carbocycles. The molecule has 3 nitrogen and oxygen atoms in total. The lowest BCUT2D eigenvalue weighted by Crippen LogP contribution is -2.35. The van der Waals surface area contributed by atoms with Gasteiger partial charge in [-0.05, 0) is 23.8 Å². The summed E-state index contributed by atoms with van der Waals surface area (Å²) in [5, 5.41) is 1.22. The largest absolute Gasteiger partial charge is 0.379 e. The highest BCUT2D eigenvalue weighted by Gasteiger charge is 2.10. The van der Waals surface area contributed by atoms with Crippen molar-refractivity contribution >= 4 is 10.9 Å². The average molecular weight is 228 g/mol. The van der Waals surface area contributed by atoms with Crippen LogP contribution in [0.2, 0.25) is 0 Å². The van der Waals surface area contributed by atoms with Crippen molar-refractivity contribution < 1.29 is 4.74 Å². The third-order valence-electron chi connectivity index (χ3n) is 3.18. The van der Waals surface area contributed by atoms with Crippen LogP contribution in [0.25, 0.3) is 10.9 Å². The molecule has 2 aromatic rings. The second-order valence-corrected chi connectivity index (χ2v) is 4.42. The van der Waals surface area contributed by atoms with E-state index in [0.717, 1.165) is 38.4 Å². The Morgan fingerprint density at radius 3 is 2.94 bits per heavy atom. The van der Waals surface area contributed by atoms with E-state index in [1.54, 1.807) is 0 Å². The van der Waals surface area contributed by atoms with Crippen molar-refractivity contribution in [3.05, 3.63) is 42.1 Å². The summed E-state index contributed by atoms with van der Waals surface area (Å²) in [6, 6.07) is 10.6. The molecule has 0 unspecified atom stereocenters. The smallest absolute Gasteiger partial charge is 0.0702 e. The predicted molar refractivity (Wildman–Crippen MR) is 67.8 cm³/mol. The summed E-state index contributed by atoms with van der Waals surface area (Å²) in [6.45, 7) is 4.79. The average Bonchev–Trinajstić information content (AvgIpc) is 2.40. The Balaban J connectivity index is 1.80. The summed E-state index contributed by atoms with van der Waals surface area (Å²) in [4.78, 5) is 6.77. The van der Waals surface area contributed by atoms with E-state index in [1.165, 1.54) is 10.9 Å². The fourth-order valence-electron chi connectivity index (χ4n) is 2.24. The Labute approximate surface area is 101 Å². The van der Waals surface area contributed by atoms with Gasteiger partial charge in [0.25, 0.3) is 0 Å². The summed E-state index contributed by atoms with van der Waals surface area (Å²) in [6.07, 6.45) is 1.84. The number of nitrogens with zero attached hydrogens (tertiary/aromatic N) is 2. The van der Waals surface area contributed by atoms with E-state index in [1.807, 2.05) is 12.3 Å². The zero-order valence-electron chi connectivity index (χ0n) is 9.80. The molecule has 0 bridgehead atoms. The normalized spacial score (nSPS) is 17.4. The van der Waals surface area contributed by atoms with Crippen LogP contribution >= 0.6 is 0 Å². The molecule has 1 aliphatic rings. The first kappa shape index (κ1) is 10.7. The second-order valence-electron chi connectivity index (χ2n) is 4.42. The van der Waals surface area contributed by atoms with Crippen LogP contribution in [0.15, 0.2) is 36.5 Å². The number of hydrogen-bond donors (Lipinski definition) is 0. The molecular weight excluding hydrogens is 212 g/mol. The third-order valence-corrected chi connectivity index (χ3v) is 3.18. The van der Waals surface area contributed by atoms with Crippen LogP contribution in [0, 0.1) is 0 Å².